The molecule has 0 saturated carbocycles. The molecule has 0 bridgehead atoms. The molecule has 4 heteroatoms. The second-order valence-corrected chi connectivity index (χ2v) is 5.84. The first kappa shape index (κ1) is 9.97. The van der Waals surface area contributed by atoms with E-state index in [1.54, 1.807) is 25.1 Å². The molecule has 1 aromatic rings. The molecule has 0 radical (unpaired) electrons. The highest BCUT2D eigenvalue weighted by Gasteiger charge is 2.20. The molecule has 0 aliphatic carbocycles. The Morgan fingerprint density at radius 2 is 2.08 bits per heavy atom. The summed E-state index contributed by atoms with van der Waals surface area (Å²) in [5.41, 5.74) is 0. The smallest absolute Gasteiger partial charge is 0.230 e. The molecule has 1 rings (SSSR count). The standard InChI is InChI=1S/C8H10BrO2P/c1-2-12(10,11)8-6-4-3-5-7(8)9/h3-6H,2H2,1H3,(H,10,11). The van der Waals surface area contributed by atoms with Crippen LogP contribution in [0.3, 0.4) is 0 Å². The fourth-order valence-electron chi connectivity index (χ4n) is 0.905. The molecule has 0 saturated heterocycles. The zero-order valence-electron chi connectivity index (χ0n) is 6.70. The maximum atomic E-state index is 11.5. The van der Waals surface area contributed by atoms with Crippen LogP contribution in [0.1, 0.15) is 6.92 Å². The zero-order chi connectivity index (χ0) is 9.19. The molecule has 1 unspecified atom stereocenters. The third-order valence-electron chi connectivity index (χ3n) is 1.66. The van der Waals surface area contributed by atoms with Crippen LogP contribution in [0.2, 0.25) is 0 Å². The molecule has 2 nitrogen and oxygen atoms in total. The summed E-state index contributed by atoms with van der Waals surface area (Å²) in [5, 5.41) is 0.507. The lowest BCUT2D eigenvalue weighted by Crippen LogP contribution is -2.07. The topological polar surface area (TPSA) is 37.3 Å². The van der Waals surface area contributed by atoms with E-state index in [2.05, 4.69) is 15.9 Å². The minimum absolute atomic E-state index is 0.273. The van der Waals surface area contributed by atoms with Crippen molar-refractivity contribution in [2.24, 2.45) is 0 Å². The summed E-state index contributed by atoms with van der Waals surface area (Å²) in [7, 11) is -3.11. The van der Waals surface area contributed by atoms with Crippen LogP contribution in [0.15, 0.2) is 28.7 Å². The summed E-state index contributed by atoms with van der Waals surface area (Å²) < 4.78 is 12.2. The van der Waals surface area contributed by atoms with Crippen molar-refractivity contribution in [3.05, 3.63) is 28.7 Å². The molecular weight excluding hydrogens is 239 g/mol. The van der Waals surface area contributed by atoms with Crippen molar-refractivity contribution < 1.29 is 9.46 Å². The van der Waals surface area contributed by atoms with Crippen LogP contribution >= 0.6 is 23.3 Å². The van der Waals surface area contributed by atoms with Crippen molar-refractivity contribution in [1.82, 2.24) is 0 Å². The quantitative estimate of drug-likeness (QED) is 0.817. The molecule has 0 amide bonds. The van der Waals surface area contributed by atoms with E-state index < -0.39 is 7.37 Å². The molecule has 0 aliphatic rings. The van der Waals surface area contributed by atoms with Crippen LogP contribution in [0.4, 0.5) is 0 Å². The van der Waals surface area contributed by atoms with Gasteiger partial charge in [0.2, 0.25) is 7.37 Å². The van der Waals surface area contributed by atoms with Gasteiger partial charge in [-0.2, -0.15) is 0 Å². The van der Waals surface area contributed by atoms with Gasteiger partial charge >= 0.3 is 0 Å². The Morgan fingerprint density at radius 3 is 2.58 bits per heavy atom. The summed E-state index contributed by atoms with van der Waals surface area (Å²) in [4.78, 5) is 9.50. The third-order valence-corrected chi connectivity index (χ3v) is 4.66. The Morgan fingerprint density at radius 1 is 1.50 bits per heavy atom. The molecule has 1 aromatic carbocycles. The number of hydrogen-bond donors (Lipinski definition) is 1. The molecule has 1 N–H and O–H groups in total. The summed E-state index contributed by atoms with van der Waals surface area (Å²) in [6, 6.07) is 7.03. The van der Waals surface area contributed by atoms with Crippen molar-refractivity contribution in [3.8, 4) is 0 Å². The van der Waals surface area contributed by atoms with E-state index in [0.29, 0.717) is 9.78 Å². The normalized spacial score (nSPS) is 15.6. The maximum absolute atomic E-state index is 11.5. The summed E-state index contributed by atoms with van der Waals surface area (Å²) in [6.45, 7) is 1.71. The minimum Gasteiger partial charge on any atom is -0.341 e. The van der Waals surface area contributed by atoms with Gasteiger partial charge in [0.25, 0.3) is 0 Å². The van der Waals surface area contributed by atoms with Crippen LogP contribution in [-0.2, 0) is 4.57 Å². The van der Waals surface area contributed by atoms with Crippen molar-refractivity contribution in [3.63, 3.8) is 0 Å². The van der Waals surface area contributed by atoms with Crippen LogP contribution in [0.25, 0.3) is 0 Å². The SMILES string of the molecule is CCP(=O)(O)c1ccccc1Br. The van der Waals surface area contributed by atoms with E-state index in [9.17, 15) is 9.46 Å². The Kier molecular flexibility index (Phi) is 3.10. The van der Waals surface area contributed by atoms with Crippen LogP contribution in [0.5, 0.6) is 0 Å². The summed E-state index contributed by atoms with van der Waals surface area (Å²) in [6.07, 6.45) is 0.273. The molecular formula is C8H10BrO2P. The van der Waals surface area contributed by atoms with Gasteiger partial charge in [-0.25, -0.2) is 0 Å². The van der Waals surface area contributed by atoms with E-state index in [1.165, 1.54) is 0 Å². The molecule has 12 heavy (non-hydrogen) atoms. The van der Waals surface area contributed by atoms with Gasteiger partial charge in [-0.05, 0) is 28.1 Å². The molecule has 0 spiro atoms. The monoisotopic (exact) mass is 248 g/mol. The average molecular weight is 249 g/mol. The number of hydrogen-bond acceptors (Lipinski definition) is 1. The molecule has 66 valence electrons. The van der Waals surface area contributed by atoms with Gasteiger partial charge in [-0.1, -0.05) is 19.1 Å². The molecule has 0 aromatic heterocycles. The lowest BCUT2D eigenvalue weighted by Gasteiger charge is -2.10. The van der Waals surface area contributed by atoms with Crippen LogP contribution < -0.4 is 5.30 Å². The first-order valence-electron chi connectivity index (χ1n) is 3.65. The second-order valence-electron chi connectivity index (χ2n) is 2.47. The van der Waals surface area contributed by atoms with Gasteiger partial charge in [-0.3, -0.25) is 4.57 Å². The van der Waals surface area contributed by atoms with Gasteiger partial charge in [-0.15, -0.1) is 0 Å². The van der Waals surface area contributed by atoms with Crippen molar-refractivity contribution >= 4 is 28.6 Å². The predicted molar refractivity (Wildman–Crippen MR) is 54.1 cm³/mol. The Labute approximate surface area is 80.2 Å². The highest BCUT2D eigenvalue weighted by atomic mass is 79.9. The van der Waals surface area contributed by atoms with Gasteiger partial charge in [0, 0.05) is 10.6 Å². The third kappa shape index (κ3) is 1.98. The maximum Gasteiger partial charge on any atom is 0.230 e. The van der Waals surface area contributed by atoms with Crippen molar-refractivity contribution in [1.29, 1.82) is 0 Å². The molecule has 0 heterocycles. The van der Waals surface area contributed by atoms with E-state index in [0.717, 1.165) is 0 Å². The van der Waals surface area contributed by atoms with E-state index in [-0.39, 0.29) is 6.16 Å². The Balaban J connectivity index is 3.20. The van der Waals surface area contributed by atoms with E-state index in [4.69, 9.17) is 0 Å². The number of benzene rings is 1. The fraction of sp³-hybridized carbons (Fsp3) is 0.250. The summed E-state index contributed by atoms with van der Waals surface area (Å²) >= 11 is 3.24. The van der Waals surface area contributed by atoms with E-state index in [1.807, 2.05) is 6.07 Å². The van der Waals surface area contributed by atoms with Crippen LogP contribution in [-0.4, -0.2) is 11.1 Å². The van der Waals surface area contributed by atoms with Crippen molar-refractivity contribution in [2.45, 2.75) is 6.92 Å². The van der Waals surface area contributed by atoms with Gasteiger partial charge in [0.1, 0.15) is 0 Å². The second kappa shape index (κ2) is 3.73. The largest absolute Gasteiger partial charge is 0.341 e. The number of halogens is 1. The van der Waals surface area contributed by atoms with E-state index >= 15 is 0 Å². The first-order valence-corrected chi connectivity index (χ1v) is 6.28. The lowest BCUT2D eigenvalue weighted by molar-refractivity contribution is 0.491. The van der Waals surface area contributed by atoms with Gasteiger partial charge < -0.3 is 4.89 Å². The van der Waals surface area contributed by atoms with Crippen molar-refractivity contribution in [2.75, 3.05) is 6.16 Å². The zero-order valence-corrected chi connectivity index (χ0v) is 9.18. The predicted octanol–water partition coefficient (Wildman–Crippen LogP) is 2.36. The molecule has 0 aliphatic heterocycles. The number of rotatable bonds is 2. The van der Waals surface area contributed by atoms with Gasteiger partial charge in [0.15, 0.2) is 0 Å². The highest BCUT2D eigenvalue weighted by Crippen LogP contribution is 2.40. The molecule has 1 atom stereocenters. The lowest BCUT2D eigenvalue weighted by atomic mass is 10.4. The molecule has 0 fully saturated rings. The Bertz CT molecular complexity index is 325. The first-order chi connectivity index (χ1) is 5.58. The fourth-order valence-corrected chi connectivity index (χ4v) is 3.09. The minimum atomic E-state index is -3.11. The van der Waals surface area contributed by atoms with Gasteiger partial charge in [0.05, 0.1) is 5.30 Å². The van der Waals surface area contributed by atoms with Crippen LogP contribution in [0, 0.1) is 0 Å². The average Bonchev–Trinajstić information content (AvgIpc) is 2.05. The highest BCUT2D eigenvalue weighted by molar-refractivity contribution is 9.10. The summed E-state index contributed by atoms with van der Waals surface area (Å²) in [5.74, 6) is 0. The Hall–Kier alpha value is -0.110.